The number of aliphatic hydroxyl groups excluding tert-OH is 1. The van der Waals surface area contributed by atoms with E-state index < -0.39 is 15.6 Å². The van der Waals surface area contributed by atoms with Crippen molar-refractivity contribution in [2.75, 3.05) is 24.6 Å². The van der Waals surface area contributed by atoms with Crippen LogP contribution in [0.3, 0.4) is 0 Å². The lowest BCUT2D eigenvalue weighted by Crippen LogP contribution is -2.49. The van der Waals surface area contributed by atoms with E-state index in [1.54, 1.807) is 0 Å². The van der Waals surface area contributed by atoms with Crippen molar-refractivity contribution in [3.05, 3.63) is 11.6 Å². The molecule has 0 unspecified atom stereocenters. The fourth-order valence-electron chi connectivity index (χ4n) is 5.35. The van der Waals surface area contributed by atoms with Crippen molar-refractivity contribution in [1.82, 2.24) is 0 Å². The van der Waals surface area contributed by atoms with Crippen molar-refractivity contribution in [2.45, 2.75) is 151 Å². The van der Waals surface area contributed by atoms with Gasteiger partial charge in [-0.1, -0.05) is 101 Å². The molecular formula is C32H68O2PSi+. The third kappa shape index (κ3) is 12.0. The number of hydrogen-bond donors (Lipinski definition) is 1. The van der Waals surface area contributed by atoms with E-state index >= 15 is 0 Å². The van der Waals surface area contributed by atoms with E-state index in [0.29, 0.717) is 5.92 Å². The van der Waals surface area contributed by atoms with Crippen molar-refractivity contribution in [1.29, 1.82) is 0 Å². The maximum atomic E-state index is 11.6. The summed E-state index contributed by atoms with van der Waals surface area (Å²) in [7, 11) is -2.88. The van der Waals surface area contributed by atoms with Gasteiger partial charge in [0.2, 0.25) is 0 Å². The van der Waals surface area contributed by atoms with E-state index in [1.165, 1.54) is 68.7 Å². The van der Waals surface area contributed by atoms with E-state index in [9.17, 15) is 5.11 Å². The molecule has 0 bridgehead atoms. The Morgan fingerprint density at radius 3 is 1.69 bits per heavy atom. The highest BCUT2D eigenvalue weighted by Crippen LogP contribution is 2.61. The Kier molecular flexibility index (Phi) is 17.2. The molecule has 1 N–H and O–H groups in total. The van der Waals surface area contributed by atoms with Crippen LogP contribution in [0.1, 0.15) is 121 Å². The summed E-state index contributed by atoms with van der Waals surface area (Å²) in [6, 6.07) is 0. The zero-order chi connectivity index (χ0) is 28.2. The van der Waals surface area contributed by atoms with Crippen LogP contribution in [0.15, 0.2) is 11.6 Å². The van der Waals surface area contributed by atoms with Gasteiger partial charge in [-0.25, -0.2) is 0 Å². The average Bonchev–Trinajstić information content (AvgIpc) is 2.80. The van der Waals surface area contributed by atoms with Crippen LogP contribution in [-0.2, 0) is 4.43 Å². The normalized spacial score (nSPS) is 18.1. The third-order valence-corrected chi connectivity index (χ3v) is 18.6. The Morgan fingerprint density at radius 1 is 0.889 bits per heavy atom. The fourth-order valence-corrected chi connectivity index (χ4v) is 12.1. The second-order valence-corrected chi connectivity index (χ2v) is 22.8. The summed E-state index contributed by atoms with van der Waals surface area (Å²) < 4.78 is 6.97. The van der Waals surface area contributed by atoms with Crippen LogP contribution in [0, 0.1) is 17.8 Å². The topological polar surface area (TPSA) is 29.5 Å². The van der Waals surface area contributed by atoms with Crippen LogP contribution in [0.25, 0.3) is 0 Å². The number of aliphatic hydroxyl groups is 1. The third-order valence-electron chi connectivity index (χ3n) is 9.13. The first-order valence-electron chi connectivity index (χ1n) is 15.5. The van der Waals surface area contributed by atoms with Crippen LogP contribution in [0.5, 0.6) is 0 Å². The quantitative estimate of drug-likeness (QED) is 0.0997. The predicted octanol–water partition coefficient (Wildman–Crippen LogP) is 10.4. The Hall–Kier alpha value is 0.307. The molecule has 0 aromatic rings. The average molecular weight is 544 g/mol. The molecular weight excluding hydrogens is 475 g/mol. The monoisotopic (exact) mass is 543 g/mol. The highest BCUT2D eigenvalue weighted by atomic mass is 31.2. The molecule has 0 aromatic heterocycles. The maximum absolute atomic E-state index is 11.6. The Morgan fingerprint density at radius 2 is 1.33 bits per heavy atom. The molecule has 5 atom stereocenters. The lowest BCUT2D eigenvalue weighted by molar-refractivity contribution is -0.0142. The van der Waals surface area contributed by atoms with Gasteiger partial charge in [-0.2, -0.15) is 0 Å². The van der Waals surface area contributed by atoms with Crippen molar-refractivity contribution < 1.29 is 9.53 Å². The standard InChI is InChI=1S/C32H68O2PSi/c1-14-18-21-35(22-19-15-2,23-20-16-3)25-26(5)24-28(7)30(33)29(8)31(27(6)17-4)34-36(12,13)32(9,10)11/h24,27-31,33H,14-23,25H2,1-13H3/q+1/b26-24+/t27-,28+,29+,30+,31+/m0/s1. The first-order chi connectivity index (χ1) is 16.6. The van der Waals surface area contributed by atoms with E-state index in [4.69, 9.17) is 4.43 Å². The van der Waals surface area contributed by atoms with Crippen molar-refractivity contribution in [3.8, 4) is 0 Å². The van der Waals surface area contributed by atoms with Gasteiger partial charge in [0.25, 0.3) is 0 Å². The molecule has 4 heteroatoms. The molecule has 0 aliphatic carbocycles. The summed E-state index contributed by atoms with van der Waals surface area (Å²) in [5.41, 5.74) is 1.52. The minimum Gasteiger partial charge on any atom is -0.413 e. The molecule has 0 aliphatic heterocycles. The van der Waals surface area contributed by atoms with Gasteiger partial charge in [-0.15, -0.1) is 0 Å². The van der Waals surface area contributed by atoms with Gasteiger partial charge in [0.1, 0.15) is 0 Å². The first-order valence-corrected chi connectivity index (χ1v) is 20.9. The number of rotatable bonds is 19. The lowest BCUT2D eigenvalue weighted by Gasteiger charge is -2.44. The van der Waals surface area contributed by atoms with Gasteiger partial charge in [0.05, 0.1) is 36.9 Å². The molecule has 0 fully saturated rings. The largest absolute Gasteiger partial charge is 0.413 e. The molecule has 36 heavy (non-hydrogen) atoms. The molecule has 0 rings (SSSR count). The Bertz CT molecular complexity index is 588. The zero-order valence-electron chi connectivity index (χ0n) is 27.0. The van der Waals surface area contributed by atoms with Gasteiger partial charge < -0.3 is 9.53 Å². The lowest BCUT2D eigenvalue weighted by atomic mass is 9.83. The SMILES string of the molecule is CCCC[P+](CCCC)(CCCC)C/C(C)=C/[C@@H](C)[C@@H](O)[C@@H](C)[C@H](O[Si](C)(C)C(C)(C)C)[C@@H](C)CC. The van der Waals surface area contributed by atoms with Crippen LogP contribution < -0.4 is 0 Å². The van der Waals surface area contributed by atoms with Gasteiger partial charge in [-0.05, 0) is 55.8 Å². The number of allylic oxidation sites excluding steroid dienone is 1. The van der Waals surface area contributed by atoms with Crippen LogP contribution in [0.2, 0.25) is 18.1 Å². The molecule has 0 radical (unpaired) electrons. The van der Waals surface area contributed by atoms with Gasteiger partial charge in [-0.3, -0.25) is 0 Å². The van der Waals surface area contributed by atoms with Crippen molar-refractivity contribution >= 4 is 15.6 Å². The minimum atomic E-state index is -1.91. The molecule has 0 aliphatic rings. The van der Waals surface area contributed by atoms with Crippen LogP contribution in [0.4, 0.5) is 0 Å². The van der Waals surface area contributed by atoms with Crippen LogP contribution in [-0.4, -0.2) is 50.3 Å². The molecule has 0 amide bonds. The maximum Gasteiger partial charge on any atom is 0.192 e. The van der Waals surface area contributed by atoms with Crippen molar-refractivity contribution in [2.24, 2.45) is 17.8 Å². The second kappa shape index (κ2) is 17.1. The highest BCUT2D eigenvalue weighted by molar-refractivity contribution is 7.76. The molecule has 216 valence electrons. The van der Waals surface area contributed by atoms with E-state index in [2.05, 4.69) is 95.3 Å². The summed E-state index contributed by atoms with van der Waals surface area (Å²) in [6.45, 7) is 30.0. The predicted molar refractivity (Wildman–Crippen MR) is 171 cm³/mol. The first kappa shape index (κ1) is 36.3. The molecule has 2 nitrogen and oxygen atoms in total. The second-order valence-electron chi connectivity index (χ2n) is 13.7. The smallest absolute Gasteiger partial charge is 0.192 e. The molecule has 0 saturated carbocycles. The van der Waals surface area contributed by atoms with E-state index in [0.717, 1.165) is 6.42 Å². The summed E-state index contributed by atoms with van der Waals surface area (Å²) in [4.78, 5) is 0. The van der Waals surface area contributed by atoms with E-state index in [-0.39, 0.29) is 29.1 Å². The Balaban J connectivity index is 5.78. The summed E-state index contributed by atoms with van der Waals surface area (Å²) in [5.74, 6) is 0.713. The van der Waals surface area contributed by atoms with Gasteiger partial charge >= 0.3 is 0 Å². The summed E-state index contributed by atoms with van der Waals surface area (Å²) in [6.07, 6.45) is 17.0. The van der Waals surface area contributed by atoms with E-state index in [1.807, 2.05) is 0 Å². The molecule has 0 heterocycles. The molecule has 0 aromatic carbocycles. The fraction of sp³-hybridized carbons (Fsp3) is 0.938. The van der Waals surface area contributed by atoms with Gasteiger partial charge in [0, 0.05) is 19.1 Å². The Labute approximate surface area is 230 Å². The van der Waals surface area contributed by atoms with Crippen molar-refractivity contribution in [3.63, 3.8) is 0 Å². The van der Waals surface area contributed by atoms with Crippen LogP contribution >= 0.6 is 7.26 Å². The molecule has 0 saturated heterocycles. The number of hydrogen-bond acceptors (Lipinski definition) is 2. The minimum absolute atomic E-state index is 0.104. The molecule has 0 spiro atoms. The number of unbranched alkanes of at least 4 members (excludes halogenated alkanes) is 3. The zero-order valence-corrected chi connectivity index (χ0v) is 28.9. The summed E-state index contributed by atoms with van der Waals surface area (Å²) >= 11 is 0. The summed E-state index contributed by atoms with van der Waals surface area (Å²) in [5, 5.41) is 11.7. The highest BCUT2D eigenvalue weighted by Gasteiger charge is 2.43. The van der Waals surface area contributed by atoms with Gasteiger partial charge in [0.15, 0.2) is 8.32 Å².